The van der Waals surface area contributed by atoms with Gasteiger partial charge in [0.05, 0.1) is 0 Å². The van der Waals surface area contributed by atoms with Gasteiger partial charge in [-0.2, -0.15) is 0 Å². The van der Waals surface area contributed by atoms with E-state index in [2.05, 4.69) is 29.6 Å². The van der Waals surface area contributed by atoms with E-state index < -0.39 is 17.6 Å². The van der Waals surface area contributed by atoms with Crippen LogP contribution in [0.15, 0.2) is 48.5 Å². The number of carbonyl (C=O) groups excluding carboxylic acids is 2. The summed E-state index contributed by atoms with van der Waals surface area (Å²) in [5.74, 6) is -1.19. The number of fused-ring (bicyclic) bond motifs is 3. The molecule has 5 rings (SSSR count). The normalized spacial score (nSPS) is 24.5. The molecule has 0 aromatic heterocycles. The van der Waals surface area contributed by atoms with Gasteiger partial charge in [0.1, 0.15) is 12.1 Å². The van der Waals surface area contributed by atoms with Crippen molar-refractivity contribution < 1.29 is 24.2 Å². The molecule has 1 saturated carbocycles. The van der Waals surface area contributed by atoms with Crippen LogP contribution >= 0.6 is 0 Å². The minimum absolute atomic E-state index is 0.00118. The van der Waals surface area contributed by atoms with Crippen LogP contribution in [0, 0.1) is 11.8 Å². The van der Waals surface area contributed by atoms with Crippen LogP contribution in [-0.4, -0.2) is 53.2 Å². The number of alkyl carbamates (subject to hydrolysis) is 1. The maximum absolute atomic E-state index is 13.1. The average Bonchev–Trinajstić information content (AvgIpc) is 3.40. The Hall–Kier alpha value is -3.35. The van der Waals surface area contributed by atoms with Gasteiger partial charge in [0.2, 0.25) is 5.91 Å². The Morgan fingerprint density at radius 3 is 2.37 bits per heavy atom. The van der Waals surface area contributed by atoms with Crippen LogP contribution in [0.5, 0.6) is 0 Å². The van der Waals surface area contributed by atoms with E-state index in [0.717, 1.165) is 11.1 Å². The van der Waals surface area contributed by atoms with Gasteiger partial charge < -0.3 is 20.1 Å². The van der Waals surface area contributed by atoms with Crippen molar-refractivity contribution in [3.63, 3.8) is 0 Å². The number of carbonyl (C=O) groups is 3. The molecule has 2 aromatic rings. The first-order valence-corrected chi connectivity index (χ1v) is 12.6. The van der Waals surface area contributed by atoms with E-state index in [9.17, 15) is 19.5 Å². The van der Waals surface area contributed by atoms with Crippen LogP contribution in [0.25, 0.3) is 11.1 Å². The van der Waals surface area contributed by atoms with E-state index in [1.165, 1.54) is 11.1 Å². The van der Waals surface area contributed by atoms with Crippen molar-refractivity contribution in [3.8, 4) is 11.1 Å². The molecule has 2 amide bonds. The third-order valence-corrected chi connectivity index (χ3v) is 7.91. The largest absolute Gasteiger partial charge is 0.479 e. The molecule has 2 aliphatic carbocycles. The van der Waals surface area contributed by atoms with Gasteiger partial charge >= 0.3 is 12.1 Å². The molecule has 184 valence electrons. The third kappa shape index (κ3) is 4.17. The number of aliphatic carboxylic acids is 1. The van der Waals surface area contributed by atoms with Crippen molar-refractivity contribution in [1.82, 2.24) is 10.2 Å². The predicted octanol–water partition coefficient (Wildman–Crippen LogP) is 4.41. The summed E-state index contributed by atoms with van der Waals surface area (Å²) in [6.45, 7) is 3.05. The number of carboxylic acid groups (broad SMARTS) is 1. The van der Waals surface area contributed by atoms with Crippen LogP contribution in [-0.2, 0) is 14.3 Å². The highest BCUT2D eigenvalue weighted by Crippen LogP contribution is 2.45. The molecule has 2 aromatic carbocycles. The standard InChI is InChI=1S/C28H32N2O5/c1-2-12-28(26(32)33)13-7-14-30(28)25(31)23-15-18(23)16-29-27(34)35-17-24-21-10-5-3-8-19(21)20-9-4-6-11-22(20)24/h3-6,8-11,18,23-24H,2,7,12-17H2,1H3,(H,29,34)(H,32,33). The van der Waals surface area contributed by atoms with Crippen molar-refractivity contribution in [2.75, 3.05) is 19.7 Å². The number of rotatable bonds is 8. The minimum Gasteiger partial charge on any atom is -0.479 e. The second-order valence-corrected chi connectivity index (χ2v) is 9.99. The van der Waals surface area contributed by atoms with Crippen LogP contribution < -0.4 is 5.32 Å². The predicted molar refractivity (Wildman–Crippen MR) is 131 cm³/mol. The number of benzene rings is 2. The van der Waals surface area contributed by atoms with E-state index in [-0.39, 0.29) is 30.3 Å². The Labute approximate surface area is 205 Å². The topological polar surface area (TPSA) is 95.9 Å². The summed E-state index contributed by atoms with van der Waals surface area (Å²) >= 11 is 0. The van der Waals surface area contributed by atoms with Gasteiger partial charge in [-0.1, -0.05) is 61.9 Å². The lowest BCUT2D eigenvalue weighted by atomic mass is 9.90. The van der Waals surface area contributed by atoms with Crippen molar-refractivity contribution >= 4 is 18.0 Å². The number of ether oxygens (including phenoxy) is 1. The number of hydrogen-bond donors (Lipinski definition) is 2. The quantitative estimate of drug-likeness (QED) is 0.589. The molecule has 7 nitrogen and oxygen atoms in total. The minimum atomic E-state index is -1.07. The molecular weight excluding hydrogens is 444 g/mol. The van der Waals surface area contributed by atoms with Gasteiger partial charge in [-0.3, -0.25) is 4.79 Å². The first kappa shape index (κ1) is 23.4. The molecule has 1 heterocycles. The van der Waals surface area contributed by atoms with Gasteiger partial charge in [0.25, 0.3) is 0 Å². The summed E-state index contributed by atoms with van der Waals surface area (Å²) in [4.78, 5) is 39.2. The van der Waals surface area contributed by atoms with Crippen molar-refractivity contribution in [2.45, 2.75) is 50.5 Å². The Morgan fingerprint density at radius 1 is 1.09 bits per heavy atom. The molecule has 3 aliphatic rings. The maximum atomic E-state index is 13.1. The van der Waals surface area contributed by atoms with Crippen LogP contribution in [0.3, 0.4) is 0 Å². The summed E-state index contributed by atoms with van der Waals surface area (Å²) in [6.07, 6.45) is 2.60. The molecule has 3 unspecified atom stereocenters. The van der Waals surface area contributed by atoms with Crippen LogP contribution in [0.4, 0.5) is 4.79 Å². The Bertz CT molecular complexity index is 1100. The molecule has 0 bridgehead atoms. The van der Waals surface area contributed by atoms with Crippen LogP contribution in [0.1, 0.15) is 56.1 Å². The van der Waals surface area contributed by atoms with Gasteiger partial charge in [-0.05, 0) is 53.9 Å². The van der Waals surface area contributed by atoms with E-state index in [0.29, 0.717) is 45.2 Å². The van der Waals surface area contributed by atoms with Crippen molar-refractivity contribution in [2.24, 2.45) is 11.8 Å². The summed E-state index contributed by atoms with van der Waals surface area (Å²) in [7, 11) is 0. The second-order valence-electron chi connectivity index (χ2n) is 9.99. The number of carboxylic acids is 1. The molecule has 1 saturated heterocycles. The fraction of sp³-hybridized carbons (Fsp3) is 0.464. The smallest absolute Gasteiger partial charge is 0.407 e. The third-order valence-electron chi connectivity index (χ3n) is 7.91. The Balaban J connectivity index is 1.14. The Kier molecular flexibility index (Phi) is 6.26. The lowest BCUT2D eigenvalue weighted by Crippen LogP contribution is -2.53. The highest BCUT2D eigenvalue weighted by Gasteiger charge is 2.54. The Morgan fingerprint density at radius 2 is 1.74 bits per heavy atom. The number of likely N-dealkylation sites (tertiary alicyclic amines) is 1. The fourth-order valence-electron chi connectivity index (χ4n) is 6.04. The highest BCUT2D eigenvalue weighted by atomic mass is 16.5. The molecule has 3 atom stereocenters. The number of nitrogens with zero attached hydrogens (tertiary/aromatic N) is 1. The summed E-state index contributed by atoms with van der Waals surface area (Å²) in [6, 6.07) is 16.4. The van der Waals surface area contributed by atoms with Gasteiger partial charge in [0.15, 0.2) is 0 Å². The van der Waals surface area contributed by atoms with Gasteiger partial charge in [-0.25, -0.2) is 9.59 Å². The molecule has 2 N–H and O–H groups in total. The first-order chi connectivity index (χ1) is 17.0. The van der Waals surface area contributed by atoms with E-state index >= 15 is 0 Å². The number of hydrogen-bond acceptors (Lipinski definition) is 4. The molecule has 7 heteroatoms. The first-order valence-electron chi connectivity index (χ1n) is 12.6. The molecule has 0 spiro atoms. The monoisotopic (exact) mass is 476 g/mol. The molecule has 0 radical (unpaired) electrons. The van der Waals surface area contributed by atoms with Crippen LogP contribution in [0.2, 0.25) is 0 Å². The highest BCUT2D eigenvalue weighted by molar-refractivity contribution is 5.90. The summed E-state index contributed by atoms with van der Waals surface area (Å²) in [5.41, 5.74) is 3.61. The maximum Gasteiger partial charge on any atom is 0.407 e. The van der Waals surface area contributed by atoms with E-state index in [4.69, 9.17) is 4.74 Å². The average molecular weight is 477 g/mol. The number of nitrogens with one attached hydrogen (secondary N) is 1. The van der Waals surface area contributed by atoms with Gasteiger partial charge in [-0.15, -0.1) is 0 Å². The molecule has 1 aliphatic heterocycles. The van der Waals surface area contributed by atoms with Crippen molar-refractivity contribution in [3.05, 3.63) is 59.7 Å². The lowest BCUT2D eigenvalue weighted by Gasteiger charge is -2.35. The zero-order valence-corrected chi connectivity index (χ0v) is 20.0. The lowest BCUT2D eigenvalue weighted by molar-refractivity contribution is -0.157. The van der Waals surface area contributed by atoms with Crippen molar-refractivity contribution in [1.29, 1.82) is 0 Å². The SMILES string of the molecule is CCCC1(C(=O)O)CCCN1C(=O)C1CC1CNC(=O)OCC1c2ccccc2-c2ccccc21. The molecule has 35 heavy (non-hydrogen) atoms. The van der Waals surface area contributed by atoms with E-state index in [1.54, 1.807) is 4.90 Å². The van der Waals surface area contributed by atoms with E-state index in [1.807, 2.05) is 31.2 Å². The fourth-order valence-corrected chi connectivity index (χ4v) is 6.04. The molecular formula is C28H32N2O5. The molecule has 2 fully saturated rings. The van der Waals surface area contributed by atoms with Gasteiger partial charge in [0, 0.05) is 24.9 Å². The number of amides is 2. The zero-order valence-electron chi connectivity index (χ0n) is 20.0. The summed E-state index contributed by atoms with van der Waals surface area (Å²) < 4.78 is 5.59. The second kappa shape index (κ2) is 9.36. The summed E-state index contributed by atoms with van der Waals surface area (Å²) in [5, 5.41) is 12.7. The zero-order chi connectivity index (χ0) is 24.6.